The number of hydrogen-bond donors (Lipinski definition) is 1. The average molecular weight is 996 g/mol. The summed E-state index contributed by atoms with van der Waals surface area (Å²) in [4.78, 5) is 10.5. The minimum atomic E-state index is -0.156. The van der Waals surface area contributed by atoms with Gasteiger partial charge < -0.3 is 5.11 Å². The van der Waals surface area contributed by atoms with Crippen LogP contribution >= 0.6 is 0 Å². The van der Waals surface area contributed by atoms with Gasteiger partial charge in [-0.15, -0.1) is 29.3 Å². The molecule has 0 bridgehead atoms. The second kappa shape index (κ2) is 17.3. The van der Waals surface area contributed by atoms with E-state index in [2.05, 4.69) is 214 Å². The summed E-state index contributed by atoms with van der Waals surface area (Å²) in [7, 11) is 0. The molecular weight excluding hydrogens is 938 g/mol. The third kappa shape index (κ3) is 8.73. The Morgan fingerprint density at radius 3 is 1.98 bits per heavy atom. The molecule has 62 heavy (non-hydrogen) atoms. The molecule has 0 radical (unpaired) electrons. The van der Waals surface area contributed by atoms with Gasteiger partial charge in [-0.25, -0.2) is 4.98 Å². The standard InChI is InChI=1S/C57H58N3O.Pt/c1-35(2)41-31-48(36(3)4)54(61)49(32-41)55-59-53-47(18-15-19-52(53)60(55)45-24-25-46(39-16-13-12-14-17-39)50(34-45)57(9,10)11)42-28-43(30-44(29-42)56(6,7)8)51-33-40(26-27-58-51)38-22-20-37(5)21-23-38;/h12-27,29-36,61H,1-11H3;/q-1;. The number of imidazole rings is 1. The van der Waals surface area contributed by atoms with Crippen LogP contribution in [0.5, 0.6) is 5.75 Å². The van der Waals surface area contributed by atoms with Gasteiger partial charge >= 0.3 is 0 Å². The Balaban J connectivity index is 0.00000578. The maximum Gasteiger partial charge on any atom is 0.148 e. The van der Waals surface area contributed by atoms with Gasteiger partial charge in [0.25, 0.3) is 0 Å². The van der Waals surface area contributed by atoms with Gasteiger partial charge in [0.2, 0.25) is 0 Å². The van der Waals surface area contributed by atoms with Gasteiger partial charge in [0.1, 0.15) is 11.6 Å². The molecule has 318 valence electrons. The molecule has 0 fully saturated rings. The second-order valence-corrected chi connectivity index (χ2v) is 19.3. The van der Waals surface area contributed by atoms with Gasteiger partial charge in [-0.05, 0) is 98.9 Å². The zero-order valence-corrected chi connectivity index (χ0v) is 40.2. The molecule has 0 saturated heterocycles. The molecule has 0 atom stereocenters. The van der Waals surface area contributed by atoms with Crippen molar-refractivity contribution in [2.75, 3.05) is 0 Å². The van der Waals surface area contributed by atoms with Crippen LogP contribution in [-0.2, 0) is 31.9 Å². The van der Waals surface area contributed by atoms with Crippen molar-refractivity contribution in [2.24, 2.45) is 0 Å². The summed E-state index contributed by atoms with van der Waals surface area (Å²) in [5.74, 6) is 1.36. The molecule has 0 aliphatic heterocycles. The van der Waals surface area contributed by atoms with Crippen LogP contribution in [-0.4, -0.2) is 19.6 Å². The molecule has 5 heteroatoms. The van der Waals surface area contributed by atoms with Crippen LogP contribution in [0.15, 0.2) is 134 Å². The quantitative estimate of drug-likeness (QED) is 0.154. The maximum atomic E-state index is 12.2. The van der Waals surface area contributed by atoms with E-state index in [4.69, 9.17) is 9.97 Å². The molecule has 1 N–H and O–H groups in total. The maximum absolute atomic E-state index is 12.2. The first kappa shape index (κ1) is 44.5. The normalized spacial score (nSPS) is 12.0. The molecule has 6 aromatic carbocycles. The fraction of sp³-hybridized carbons (Fsp3) is 0.263. The summed E-state index contributed by atoms with van der Waals surface area (Å²) in [6.07, 6.45) is 1.90. The van der Waals surface area contributed by atoms with Crippen molar-refractivity contribution in [3.8, 4) is 67.5 Å². The van der Waals surface area contributed by atoms with Crippen molar-refractivity contribution in [1.82, 2.24) is 14.5 Å². The van der Waals surface area contributed by atoms with Crippen molar-refractivity contribution < 1.29 is 26.2 Å². The summed E-state index contributed by atoms with van der Waals surface area (Å²) >= 11 is 0. The van der Waals surface area contributed by atoms with E-state index in [1.165, 1.54) is 33.4 Å². The molecule has 0 aliphatic carbocycles. The predicted octanol–water partition coefficient (Wildman–Crippen LogP) is 15.4. The monoisotopic (exact) mass is 995 g/mol. The first-order chi connectivity index (χ1) is 29.0. The van der Waals surface area contributed by atoms with Crippen LogP contribution < -0.4 is 0 Å². The van der Waals surface area contributed by atoms with Crippen LogP contribution in [0.1, 0.15) is 109 Å². The van der Waals surface area contributed by atoms with E-state index in [0.29, 0.717) is 5.82 Å². The zero-order chi connectivity index (χ0) is 43.4. The number of phenolic OH excluding ortho intramolecular Hbond substituents is 1. The van der Waals surface area contributed by atoms with Crippen LogP contribution in [0.4, 0.5) is 0 Å². The number of fused-ring (bicyclic) bond motifs is 1. The molecule has 8 rings (SSSR count). The number of hydrogen-bond acceptors (Lipinski definition) is 3. The number of phenols is 1. The summed E-state index contributed by atoms with van der Waals surface area (Å²) < 4.78 is 2.26. The van der Waals surface area contributed by atoms with Crippen LogP contribution in [0.25, 0.3) is 72.7 Å². The Morgan fingerprint density at radius 2 is 1.32 bits per heavy atom. The Bertz CT molecular complexity index is 2890. The summed E-state index contributed by atoms with van der Waals surface area (Å²) in [6, 6.07) is 49.4. The molecule has 4 nitrogen and oxygen atoms in total. The van der Waals surface area contributed by atoms with Crippen LogP contribution in [0.3, 0.4) is 0 Å². The number of aromatic hydroxyl groups is 1. The number of pyridine rings is 1. The molecule has 0 saturated carbocycles. The summed E-state index contributed by atoms with van der Waals surface area (Å²) in [6.45, 7) is 24.4. The largest absolute Gasteiger partial charge is 0.507 e. The smallest absolute Gasteiger partial charge is 0.148 e. The Labute approximate surface area is 383 Å². The molecule has 2 heterocycles. The molecule has 0 amide bonds. The summed E-state index contributed by atoms with van der Waals surface area (Å²) in [5, 5.41) is 12.2. The predicted molar refractivity (Wildman–Crippen MR) is 257 cm³/mol. The van der Waals surface area contributed by atoms with Crippen LogP contribution in [0.2, 0.25) is 0 Å². The molecule has 2 aromatic heterocycles. The number of nitrogens with zero attached hydrogens (tertiary/aromatic N) is 3. The number of para-hydroxylation sites is 1. The van der Waals surface area contributed by atoms with Crippen molar-refractivity contribution >= 4 is 11.0 Å². The fourth-order valence-corrected chi connectivity index (χ4v) is 8.33. The molecule has 0 aliphatic rings. The topological polar surface area (TPSA) is 50.9 Å². The van der Waals surface area contributed by atoms with Crippen molar-refractivity contribution in [1.29, 1.82) is 0 Å². The van der Waals surface area contributed by atoms with Gasteiger partial charge in [-0.1, -0.05) is 171 Å². The van der Waals surface area contributed by atoms with E-state index in [9.17, 15) is 5.11 Å². The molecular formula is C57H58N3OPt-. The van der Waals surface area contributed by atoms with E-state index >= 15 is 0 Å². The average Bonchev–Trinajstić information content (AvgIpc) is 3.63. The van der Waals surface area contributed by atoms with E-state index in [1.54, 1.807) is 0 Å². The van der Waals surface area contributed by atoms with E-state index < -0.39 is 0 Å². The van der Waals surface area contributed by atoms with Gasteiger partial charge in [0.15, 0.2) is 0 Å². The molecule has 0 spiro atoms. The van der Waals surface area contributed by atoms with Crippen molar-refractivity contribution in [3.63, 3.8) is 0 Å². The van der Waals surface area contributed by atoms with E-state index in [1.807, 2.05) is 6.20 Å². The number of aryl methyl sites for hydroxylation is 1. The van der Waals surface area contributed by atoms with E-state index in [0.717, 1.165) is 61.4 Å². The Hall–Kier alpha value is -5.57. The van der Waals surface area contributed by atoms with Crippen molar-refractivity contribution in [3.05, 3.63) is 167 Å². The van der Waals surface area contributed by atoms with Gasteiger partial charge in [-0.3, -0.25) is 9.55 Å². The minimum absolute atomic E-state index is 0. The fourth-order valence-electron chi connectivity index (χ4n) is 8.33. The Morgan fingerprint density at radius 1 is 0.613 bits per heavy atom. The van der Waals surface area contributed by atoms with Crippen LogP contribution in [0, 0.1) is 13.0 Å². The SMILES string of the molecule is Cc1ccc(-c2ccnc(-c3[c-]c(-c4cccc5c4nc(-c4cc(C(C)C)cc(C(C)C)c4O)n5-c4ccc(-c5ccccc5)c(C(C)(C)C)c4)cc(C(C)(C)C)c3)c2)cc1.[Pt]. The van der Waals surface area contributed by atoms with Gasteiger partial charge in [0.05, 0.1) is 16.6 Å². The third-order valence-corrected chi connectivity index (χ3v) is 12.0. The van der Waals surface area contributed by atoms with E-state index in [-0.39, 0.29) is 49.5 Å². The number of rotatable bonds is 8. The third-order valence-electron chi connectivity index (χ3n) is 12.0. The minimum Gasteiger partial charge on any atom is -0.507 e. The van der Waals surface area contributed by atoms with Gasteiger partial charge in [0, 0.05) is 38.6 Å². The summed E-state index contributed by atoms with van der Waals surface area (Å²) in [5.41, 5.74) is 17.3. The number of benzene rings is 6. The first-order valence-corrected chi connectivity index (χ1v) is 21.7. The second-order valence-electron chi connectivity index (χ2n) is 19.3. The van der Waals surface area contributed by atoms with Crippen molar-refractivity contribution in [2.45, 2.75) is 98.8 Å². The zero-order valence-electron chi connectivity index (χ0n) is 38.0. The first-order valence-electron chi connectivity index (χ1n) is 21.7. The number of aromatic nitrogens is 3. The molecule has 0 unspecified atom stereocenters. The Kier molecular flexibility index (Phi) is 12.4. The van der Waals surface area contributed by atoms with Gasteiger partial charge in [-0.2, -0.15) is 0 Å². The molecule has 8 aromatic rings.